The maximum Gasteiger partial charge on any atom is 0.242 e. The van der Waals surface area contributed by atoms with Crippen molar-refractivity contribution in [2.75, 3.05) is 13.7 Å². The number of sulfonamides is 1. The fourth-order valence-electron chi connectivity index (χ4n) is 1.89. The van der Waals surface area contributed by atoms with Gasteiger partial charge in [-0.3, -0.25) is 0 Å². The van der Waals surface area contributed by atoms with Crippen LogP contribution in [0.15, 0.2) is 17.2 Å². The molecule has 1 atom stereocenters. The highest BCUT2D eigenvalue weighted by molar-refractivity contribution is 7.89. The number of aliphatic hydroxyl groups is 1. The van der Waals surface area contributed by atoms with Gasteiger partial charge in [-0.05, 0) is 12.5 Å². The SMILES string of the molecule is CCCC(COC)NS(=O)(=O)c1cc(CO)n(C)c1. The van der Waals surface area contributed by atoms with Gasteiger partial charge in [0.25, 0.3) is 0 Å². The number of aromatic nitrogens is 1. The largest absolute Gasteiger partial charge is 0.390 e. The zero-order valence-electron chi connectivity index (χ0n) is 11.6. The van der Waals surface area contributed by atoms with Crippen molar-refractivity contribution in [1.29, 1.82) is 0 Å². The Morgan fingerprint density at radius 3 is 2.68 bits per heavy atom. The molecule has 2 N–H and O–H groups in total. The number of nitrogens with one attached hydrogen (secondary N) is 1. The van der Waals surface area contributed by atoms with Gasteiger partial charge < -0.3 is 14.4 Å². The van der Waals surface area contributed by atoms with E-state index in [1.54, 1.807) is 18.7 Å². The normalized spacial score (nSPS) is 13.7. The minimum absolute atomic E-state index is 0.163. The van der Waals surface area contributed by atoms with Crippen molar-refractivity contribution < 1.29 is 18.3 Å². The summed E-state index contributed by atoms with van der Waals surface area (Å²) in [6.07, 6.45) is 3.07. The van der Waals surface area contributed by atoms with Gasteiger partial charge in [-0.1, -0.05) is 13.3 Å². The predicted molar refractivity (Wildman–Crippen MR) is 72.2 cm³/mol. The van der Waals surface area contributed by atoms with E-state index in [1.807, 2.05) is 6.92 Å². The molecule has 0 spiro atoms. The number of ether oxygens (including phenoxy) is 1. The van der Waals surface area contributed by atoms with E-state index in [1.165, 1.54) is 12.3 Å². The average molecular weight is 290 g/mol. The number of methoxy groups -OCH3 is 1. The van der Waals surface area contributed by atoms with Crippen molar-refractivity contribution in [2.45, 2.75) is 37.3 Å². The van der Waals surface area contributed by atoms with Crippen LogP contribution in [0.3, 0.4) is 0 Å². The van der Waals surface area contributed by atoms with Crippen LogP contribution >= 0.6 is 0 Å². The average Bonchev–Trinajstić information content (AvgIpc) is 2.71. The van der Waals surface area contributed by atoms with Gasteiger partial charge in [0.2, 0.25) is 10.0 Å². The van der Waals surface area contributed by atoms with E-state index in [0.29, 0.717) is 18.7 Å². The number of nitrogens with zero attached hydrogens (tertiary/aromatic N) is 1. The minimum atomic E-state index is -3.58. The second-order valence-corrected chi connectivity index (χ2v) is 6.21. The summed E-state index contributed by atoms with van der Waals surface area (Å²) >= 11 is 0. The second-order valence-electron chi connectivity index (χ2n) is 4.50. The summed E-state index contributed by atoms with van der Waals surface area (Å²) in [5, 5.41) is 9.09. The van der Waals surface area contributed by atoms with Crippen molar-refractivity contribution >= 4 is 10.0 Å². The molecule has 1 aromatic rings. The molecule has 6 nitrogen and oxygen atoms in total. The molecule has 110 valence electrons. The van der Waals surface area contributed by atoms with Gasteiger partial charge in [0.05, 0.1) is 18.1 Å². The number of aliphatic hydroxyl groups excluding tert-OH is 1. The van der Waals surface area contributed by atoms with Gasteiger partial charge >= 0.3 is 0 Å². The van der Waals surface area contributed by atoms with E-state index < -0.39 is 10.0 Å². The maximum atomic E-state index is 12.2. The third-order valence-electron chi connectivity index (χ3n) is 2.88. The first kappa shape index (κ1) is 16.2. The summed E-state index contributed by atoms with van der Waals surface area (Å²) < 4.78 is 33.7. The van der Waals surface area contributed by atoms with Crippen molar-refractivity contribution in [3.63, 3.8) is 0 Å². The zero-order chi connectivity index (χ0) is 14.5. The van der Waals surface area contributed by atoms with E-state index in [0.717, 1.165) is 6.42 Å². The van der Waals surface area contributed by atoms with Crippen LogP contribution < -0.4 is 4.72 Å². The molecule has 0 aliphatic rings. The third kappa shape index (κ3) is 4.31. The lowest BCUT2D eigenvalue weighted by Crippen LogP contribution is -2.37. The summed E-state index contributed by atoms with van der Waals surface area (Å²) in [7, 11) is -0.335. The van der Waals surface area contributed by atoms with Crippen molar-refractivity contribution in [3.05, 3.63) is 18.0 Å². The molecule has 0 bridgehead atoms. The van der Waals surface area contributed by atoms with Crippen LogP contribution in [0.4, 0.5) is 0 Å². The van der Waals surface area contributed by atoms with Crippen molar-refractivity contribution in [2.24, 2.45) is 7.05 Å². The third-order valence-corrected chi connectivity index (χ3v) is 4.37. The number of aryl methyl sites for hydroxylation is 1. The molecular weight excluding hydrogens is 268 g/mol. The molecule has 0 aliphatic heterocycles. The fraction of sp³-hybridized carbons (Fsp3) is 0.667. The van der Waals surface area contributed by atoms with Gasteiger partial charge in [-0.2, -0.15) is 0 Å². The summed E-state index contributed by atoms with van der Waals surface area (Å²) in [5.74, 6) is 0. The first-order valence-corrected chi connectivity index (χ1v) is 7.70. The quantitative estimate of drug-likeness (QED) is 0.735. The van der Waals surface area contributed by atoms with Gasteiger partial charge in [-0.15, -0.1) is 0 Å². The Hall–Kier alpha value is -0.890. The molecule has 0 saturated heterocycles. The van der Waals surface area contributed by atoms with Gasteiger partial charge in [0, 0.05) is 32.1 Å². The van der Waals surface area contributed by atoms with Crippen molar-refractivity contribution in [1.82, 2.24) is 9.29 Å². The highest BCUT2D eigenvalue weighted by atomic mass is 32.2. The summed E-state index contributed by atoms with van der Waals surface area (Å²) in [4.78, 5) is 0.163. The van der Waals surface area contributed by atoms with Crippen LogP contribution in [0.2, 0.25) is 0 Å². The lowest BCUT2D eigenvalue weighted by molar-refractivity contribution is 0.171. The Bertz CT molecular complexity index is 490. The Kier molecular flexibility index (Phi) is 5.99. The van der Waals surface area contributed by atoms with E-state index in [4.69, 9.17) is 9.84 Å². The minimum Gasteiger partial charge on any atom is -0.390 e. The van der Waals surface area contributed by atoms with E-state index in [2.05, 4.69) is 4.72 Å². The lowest BCUT2D eigenvalue weighted by Gasteiger charge is -2.16. The van der Waals surface area contributed by atoms with E-state index in [-0.39, 0.29) is 17.5 Å². The number of rotatable bonds is 8. The maximum absolute atomic E-state index is 12.2. The molecule has 0 amide bonds. The summed E-state index contributed by atoms with van der Waals surface area (Å²) in [6, 6.07) is 1.23. The van der Waals surface area contributed by atoms with Crippen LogP contribution in [0, 0.1) is 0 Å². The Balaban J connectivity index is 2.89. The van der Waals surface area contributed by atoms with E-state index >= 15 is 0 Å². The molecule has 1 heterocycles. The Morgan fingerprint density at radius 1 is 1.53 bits per heavy atom. The predicted octanol–water partition coefficient (Wildman–Crippen LogP) is 0.611. The van der Waals surface area contributed by atoms with Crippen LogP contribution in [0.5, 0.6) is 0 Å². The van der Waals surface area contributed by atoms with Crippen LogP contribution in [-0.4, -0.2) is 37.8 Å². The molecule has 0 aliphatic carbocycles. The molecule has 7 heteroatoms. The molecule has 1 rings (SSSR count). The van der Waals surface area contributed by atoms with Gasteiger partial charge in [-0.25, -0.2) is 13.1 Å². The van der Waals surface area contributed by atoms with Crippen LogP contribution in [0.1, 0.15) is 25.5 Å². The molecule has 19 heavy (non-hydrogen) atoms. The summed E-state index contributed by atoms with van der Waals surface area (Å²) in [6.45, 7) is 2.14. The standard InChI is InChI=1S/C12H22N2O4S/c1-4-5-10(9-18-3)13-19(16,17)12-6-11(8-15)14(2)7-12/h6-7,10,13,15H,4-5,8-9H2,1-3H3. The zero-order valence-corrected chi connectivity index (χ0v) is 12.4. The molecule has 0 saturated carbocycles. The highest BCUT2D eigenvalue weighted by Gasteiger charge is 2.21. The monoisotopic (exact) mass is 290 g/mol. The second kappa shape index (κ2) is 7.04. The molecule has 1 unspecified atom stereocenters. The van der Waals surface area contributed by atoms with Crippen LogP contribution in [0.25, 0.3) is 0 Å². The number of hydrogen-bond acceptors (Lipinski definition) is 4. The smallest absolute Gasteiger partial charge is 0.242 e. The van der Waals surface area contributed by atoms with Gasteiger partial charge in [0.1, 0.15) is 0 Å². The Labute approximate surface area is 114 Å². The fourth-order valence-corrected chi connectivity index (χ4v) is 3.24. The molecular formula is C12H22N2O4S. The molecule has 0 radical (unpaired) electrons. The van der Waals surface area contributed by atoms with Gasteiger partial charge in [0.15, 0.2) is 0 Å². The molecule has 0 aromatic carbocycles. The highest BCUT2D eigenvalue weighted by Crippen LogP contribution is 2.14. The topological polar surface area (TPSA) is 80.6 Å². The number of hydrogen-bond donors (Lipinski definition) is 2. The lowest BCUT2D eigenvalue weighted by atomic mass is 10.2. The first-order chi connectivity index (χ1) is 8.94. The Morgan fingerprint density at radius 2 is 2.21 bits per heavy atom. The van der Waals surface area contributed by atoms with Crippen LogP contribution in [-0.2, 0) is 28.4 Å². The molecule has 1 aromatic heterocycles. The first-order valence-electron chi connectivity index (χ1n) is 6.22. The van der Waals surface area contributed by atoms with Crippen molar-refractivity contribution in [3.8, 4) is 0 Å². The molecule has 0 fully saturated rings. The van der Waals surface area contributed by atoms with E-state index in [9.17, 15) is 8.42 Å². The summed E-state index contributed by atoms with van der Waals surface area (Å²) in [5.41, 5.74) is 0.555.